The summed E-state index contributed by atoms with van der Waals surface area (Å²) in [7, 11) is 0. The summed E-state index contributed by atoms with van der Waals surface area (Å²) in [6.45, 7) is 4.61. The maximum absolute atomic E-state index is 2.50. The molecule has 1 spiro atoms. The highest BCUT2D eigenvalue weighted by Gasteiger charge is 2.51. The molecule has 2 unspecified atom stereocenters. The van der Waals surface area contributed by atoms with Crippen molar-refractivity contribution >= 4 is 11.6 Å². The summed E-state index contributed by atoms with van der Waals surface area (Å²) in [6.07, 6.45) is 5.92. The van der Waals surface area contributed by atoms with E-state index < -0.39 is 0 Å². The van der Waals surface area contributed by atoms with Gasteiger partial charge in [-0.1, -0.05) is 91.0 Å². The molecule has 0 radical (unpaired) electrons. The Balaban J connectivity index is 1.54. The van der Waals surface area contributed by atoms with Gasteiger partial charge in [-0.2, -0.15) is 0 Å². The van der Waals surface area contributed by atoms with Crippen LogP contribution < -0.4 is 0 Å². The third-order valence-electron chi connectivity index (χ3n) is 8.53. The Morgan fingerprint density at radius 3 is 2.12 bits per heavy atom. The Bertz CT molecular complexity index is 1440. The van der Waals surface area contributed by atoms with E-state index in [0.717, 1.165) is 12.8 Å². The number of aryl methyl sites for hydroxylation is 2. The smallest absolute Gasteiger partial charge is 0.0270 e. The molecule has 7 rings (SSSR count). The molecule has 3 aliphatic rings. The predicted octanol–water partition coefficient (Wildman–Crippen LogP) is 8.24. The van der Waals surface area contributed by atoms with Gasteiger partial charge in [0.25, 0.3) is 0 Å². The van der Waals surface area contributed by atoms with E-state index in [-0.39, 0.29) is 5.41 Å². The van der Waals surface area contributed by atoms with Crippen LogP contribution in [-0.2, 0) is 11.8 Å². The molecule has 0 saturated carbocycles. The lowest BCUT2D eigenvalue weighted by Gasteiger charge is -2.45. The van der Waals surface area contributed by atoms with Crippen LogP contribution in [0.1, 0.15) is 63.3 Å². The number of hydrogen-bond donors (Lipinski definition) is 0. The molecule has 0 saturated heterocycles. The monoisotopic (exact) mass is 424 g/mol. The van der Waals surface area contributed by atoms with Crippen molar-refractivity contribution in [3.63, 3.8) is 0 Å². The van der Waals surface area contributed by atoms with Crippen molar-refractivity contribution in [2.24, 2.45) is 0 Å². The Kier molecular flexibility index (Phi) is 3.95. The van der Waals surface area contributed by atoms with Crippen molar-refractivity contribution in [2.45, 2.75) is 44.4 Å². The number of rotatable bonds is 2. The molecule has 4 aromatic carbocycles. The maximum atomic E-state index is 2.50. The second-order valence-electron chi connectivity index (χ2n) is 10.3. The lowest BCUT2D eigenvalue weighted by molar-refractivity contribution is 0.401. The van der Waals surface area contributed by atoms with Gasteiger partial charge in [0.2, 0.25) is 0 Å². The van der Waals surface area contributed by atoms with E-state index in [0.29, 0.717) is 5.92 Å². The van der Waals surface area contributed by atoms with Crippen LogP contribution in [0.5, 0.6) is 0 Å². The van der Waals surface area contributed by atoms with Crippen molar-refractivity contribution in [3.05, 3.63) is 129 Å². The molecule has 0 bridgehead atoms. The summed E-state index contributed by atoms with van der Waals surface area (Å²) in [6, 6.07) is 31.8. The minimum Gasteiger partial charge on any atom is -0.0622 e. The van der Waals surface area contributed by atoms with Crippen LogP contribution in [-0.4, -0.2) is 0 Å². The molecule has 2 atom stereocenters. The van der Waals surface area contributed by atoms with Crippen LogP contribution in [0.2, 0.25) is 0 Å². The van der Waals surface area contributed by atoms with Crippen molar-refractivity contribution in [3.8, 4) is 11.1 Å². The molecule has 0 fully saturated rings. The molecule has 160 valence electrons. The first-order valence-electron chi connectivity index (χ1n) is 12.2. The zero-order valence-corrected chi connectivity index (χ0v) is 19.4. The van der Waals surface area contributed by atoms with Crippen molar-refractivity contribution in [1.29, 1.82) is 0 Å². The third kappa shape index (κ3) is 2.58. The molecule has 0 nitrogen and oxygen atoms in total. The average molecular weight is 425 g/mol. The fraction of sp³-hybridized carbons (Fsp3) is 0.212. The Morgan fingerprint density at radius 2 is 1.36 bits per heavy atom. The van der Waals surface area contributed by atoms with E-state index >= 15 is 0 Å². The largest absolute Gasteiger partial charge is 0.0622 e. The van der Waals surface area contributed by atoms with Gasteiger partial charge in [-0.05, 0) is 100 Å². The van der Waals surface area contributed by atoms with E-state index in [1.165, 1.54) is 50.9 Å². The van der Waals surface area contributed by atoms with Gasteiger partial charge >= 0.3 is 0 Å². The van der Waals surface area contributed by atoms with E-state index in [4.69, 9.17) is 0 Å². The second kappa shape index (κ2) is 6.81. The van der Waals surface area contributed by atoms with Gasteiger partial charge < -0.3 is 0 Å². The molecule has 0 heteroatoms. The van der Waals surface area contributed by atoms with E-state index in [2.05, 4.69) is 105 Å². The maximum Gasteiger partial charge on any atom is 0.0270 e. The number of benzene rings is 4. The molecule has 0 N–H and O–H groups in total. The molecule has 3 aliphatic carbocycles. The fourth-order valence-corrected chi connectivity index (χ4v) is 7.10. The molecular weight excluding hydrogens is 396 g/mol. The van der Waals surface area contributed by atoms with E-state index in [9.17, 15) is 0 Å². The fourth-order valence-electron chi connectivity index (χ4n) is 7.10. The molecule has 0 heterocycles. The van der Waals surface area contributed by atoms with Gasteiger partial charge in [0.1, 0.15) is 0 Å². The van der Waals surface area contributed by atoms with Crippen molar-refractivity contribution in [1.82, 2.24) is 0 Å². The SMILES string of the molecule is Cc1ccc2c3c1C=C(c1ccccc1)CC31CC(c3ccccc3)Cc3c(C)ccc-2c31. The van der Waals surface area contributed by atoms with Gasteiger partial charge in [-0.3, -0.25) is 0 Å². The lowest BCUT2D eigenvalue weighted by atomic mass is 9.58. The van der Waals surface area contributed by atoms with Crippen LogP contribution in [0, 0.1) is 13.8 Å². The van der Waals surface area contributed by atoms with Gasteiger partial charge in [0, 0.05) is 5.41 Å². The first-order chi connectivity index (χ1) is 16.2. The Hall–Kier alpha value is -3.38. The van der Waals surface area contributed by atoms with Gasteiger partial charge in [0.05, 0.1) is 0 Å². The highest BCUT2D eigenvalue weighted by molar-refractivity contribution is 5.96. The molecular formula is C33H28. The van der Waals surface area contributed by atoms with Crippen molar-refractivity contribution < 1.29 is 0 Å². The van der Waals surface area contributed by atoms with Crippen LogP contribution in [0.4, 0.5) is 0 Å². The van der Waals surface area contributed by atoms with Crippen LogP contribution >= 0.6 is 0 Å². The first-order valence-corrected chi connectivity index (χ1v) is 12.2. The summed E-state index contributed by atoms with van der Waals surface area (Å²) in [5, 5.41) is 0. The topological polar surface area (TPSA) is 0 Å². The summed E-state index contributed by atoms with van der Waals surface area (Å²) in [4.78, 5) is 0. The normalized spacial score (nSPS) is 21.9. The Morgan fingerprint density at radius 1 is 0.697 bits per heavy atom. The summed E-state index contributed by atoms with van der Waals surface area (Å²) >= 11 is 0. The predicted molar refractivity (Wildman–Crippen MR) is 139 cm³/mol. The average Bonchev–Trinajstić information content (AvgIpc) is 3.15. The van der Waals surface area contributed by atoms with Crippen LogP contribution in [0.3, 0.4) is 0 Å². The molecule has 0 aromatic heterocycles. The zero-order chi connectivity index (χ0) is 22.2. The minimum atomic E-state index is 0.0616. The van der Waals surface area contributed by atoms with Crippen LogP contribution in [0.15, 0.2) is 84.9 Å². The summed E-state index contributed by atoms with van der Waals surface area (Å²) in [5.74, 6) is 0.544. The lowest BCUT2D eigenvalue weighted by Crippen LogP contribution is -2.36. The molecule has 0 aliphatic heterocycles. The molecule has 0 amide bonds. The van der Waals surface area contributed by atoms with Crippen molar-refractivity contribution in [2.75, 3.05) is 0 Å². The second-order valence-corrected chi connectivity index (χ2v) is 10.3. The van der Waals surface area contributed by atoms with Crippen LogP contribution in [0.25, 0.3) is 22.8 Å². The number of allylic oxidation sites excluding steroid dienone is 1. The quantitative estimate of drug-likeness (QED) is 0.304. The first kappa shape index (κ1) is 19.1. The summed E-state index contributed by atoms with van der Waals surface area (Å²) < 4.78 is 0. The van der Waals surface area contributed by atoms with E-state index in [1.807, 2.05) is 0 Å². The molecule has 33 heavy (non-hydrogen) atoms. The molecule has 4 aromatic rings. The number of hydrogen-bond acceptors (Lipinski definition) is 0. The van der Waals surface area contributed by atoms with Gasteiger partial charge in [0.15, 0.2) is 0 Å². The summed E-state index contributed by atoms with van der Waals surface area (Å²) in [5.41, 5.74) is 16.5. The van der Waals surface area contributed by atoms with E-state index in [1.54, 1.807) is 16.7 Å². The van der Waals surface area contributed by atoms with Gasteiger partial charge in [-0.15, -0.1) is 0 Å². The standard InChI is InChI=1S/C33H28/c1-21-13-15-27-28-16-14-22(2)30-18-26(24-11-7-4-8-12-24)20-33(32(28)30)19-25(17-29(21)31(27)33)23-9-5-3-6-10-23/h3-17,26H,18-20H2,1-2H3. The van der Waals surface area contributed by atoms with Gasteiger partial charge in [-0.25, -0.2) is 0 Å². The number of fused-ring (bicyclic) bond motifs is 1. The Labute approximate surface area is 196 Å². The minimum absolute atomic E-state index is 0.0616. The highest BCUT2D eigenvalue weighted by atomic mass is 14.5. The zero-order valence-electron chi connectivity index (χ0n) is 19.4. The highest BCUT2D eigenvalue weighted by Crippen LogP contribution is 2.64. The third-order valence-corrected chi connectivity index (χ3v) is 8.53.